The molecular formula is C17H27N5O2. The Labute approximate surface area is 143 Å². The van der Waals surface area contributed by atoms with Crippen LogP contribution in [0.25, 0.3) is 0 Å². The Morgan fingerprint density at radius 2 is 1.96 bits per heavy atom. The van der Waals surface area contributed by atoms with E-state index in [-0.39, 0.29) is 24.5 Å². The maximum Gasteiger partial charge on any atom is 0.315 e. The van der Waals surface area contributed by atoms with Gasteiger partial charge in [0.15, 0.2) is 0 Å². The largest absolute Gasteiger partial charge is 0.363 e. The summed E-state index contributed by atoms with van der Waals surface area (Å²) in [5.41, 5.74) is 0.954. The predicted octanol–water partition coefficient (Wildman–Crippen LogP) is 1.40. The van der Waals surface area contributed by atoms with Crippen LogP contribution < -0.4 is 20.9 Å². The van der Waals surface area contributed by atoms with Crippen molar-refractivity contribution in [2.75, 3.05) is 25.5 Å². The van der Waals surface area contributed by atoms with Gasteiger partial charge in [-0.3, -0.25) is 4.79 Å². The lowest BCUT2D eigenvalue weighted by atomic mass is 9.95. The summed E-state index contributed by atoms with van der Waals surface area (Å²) >= 11 is 0. The summed E-state index contributed by atoms with van der Waals surface area (Å²) in [6.45, 7) is 0.390. The number of hydrogen-bond acceptors (Lipinski definition) is 4. The van der Waals surface area contributed by atoms with E-state index >= 15 is 0 Å². The summed E-state index contributed by atoms with van der Waals surface area (Å²) in [7, 11) is 3.83. The summed E-state index contributed by atoms with van der Waals surface area (Å²) in [5.74, 6) is 0.706. The second kappa shape index (κ2) is 9.10. The van der Waals surface area contributed by atoms with Gasteiger partial charge in [-0.25, -0.2) is 9.78 Å². The zero-order valence-corrected chi connectivity index (χ0v) is 14.5. The number of nitrogens with one attached hydrogen (secondary N) is 3. The van der Waals surface area contributed by atoms with Gasteiger partial charge in [-0.05, 0) is 30.5 Å². The second-order valence-electron chi connectivity index (χ2n) is 6.36. The minimum absolute atomic E-state index is 0.00161. The maximum absolute atomic E-state index is 11.8. The van der Waals surface area contributed by atoms with Crippen LogP contribution in [-0.4, -0.2) is 43.6 Å². The fourth-order valence-corrected chi connectivity index (χ4v) is 2.75. The topological polar surface area (TPSA) is 86.4 Å². The SMILES string of the molecule is CN(C)c1cc(CNC(=O)NCC(=O)NC2CCCCC2)ccn1. The predicted molar refractivity (Wildman–Crippen MR) is 93.8 cm³/mol. The molecule has 0 saturated heterocycles. The summed E-state index contributed by atoms with van der Waals surface area (Å²) < 4.78 is 0. The minimum atomic E-state index is -0.350. The van der Waals surface area contributed by atoms with Crippen LogP contribution in [0.4, 0.5) is 10.6 Å². The molecule has 1 aromatic rings. The standard InChI is InChI=1S/C17H27N5O2/c1-22(2)15-10-13(8-9-18-15)11-19-17(24)20-12-16(23)21-14-6-4-3-5-7-14/h8-10,14H,3-7,11-12H2,1-2H3,(H,21,23)(H2,19,20,24). The molecule has 1 aromatic heterocycles. The summed E-state index contributed by atoms with van der Waals surface area (Å²) in [5, 5.41) is 8.31. The van der Waals surface area contributed by atoms with Crippen LogP contribution in [0.2, 0.25) is 0 Å². The third kappa shape index (κ3) is 6.06. The summed E-state index contributed by atoms with van der Waals surface area (Å²) in [4.78, 5) is 29.8. The third-order valence-corrected chi connectivity index (χ3v) is 4.10. The highest BCUT2D eigenvalue weighted by Crippen LogP contribution is 2.17. The smallest absolute Gasteiger partial charge is 0.315 e. The number of aromatic nitrogens is 1. The van der Waals surface area contributed by atoms with Crippen molar-refractivity contribution in [3.8, 4) is 0 Å². The van der Waals surface area contributed by atoms with E-state index in [0.717, 1.165) is 24.2 Å². The lowest BCUT2D eigenvalue weighted by Crippen LogP contribution is -2.45. The molecule has 0 atom stereocenters. The van der Waals surface area contributed by atoms with Gasteiger partial charge in [0.1, 0.15) is 5.82 Å². The number of carbonyl (C=O) groups is 2. The number of anilines is 1. The van der Waals surface area contributed by atoms with E-state index in [1.54, 1.807) is 6.20 Å². The van der Waals surface area contributed by atoms with Crippen molar-refractivity contribution in [3.63, 3.8) is 0 Å². The van der Waals surface area contributed by atoms with Gasteiger partial charge in [-0.2, -0.15) is 0 Å². The Morgan fingerprint density at radius 1 is 1.21 bits per heavy atom. The molecule has 24 heavy (non-hydrogen) atoms. The van der Waals surface area contributed by atoms with E-state index in [1.165, 1.54) is 19.3 Å². The first-order chi connectivity index (χ1) is 11.5. The van der Waals surface area contributed by atoms with E-state index in [4.69, 9.17) is 0 Å². The van der Waals surface area contributed by atoms with Gasteiger partial charge in [-0.1, -0.05) is 19.3 Å². The van der Waals surface area contributed by atoms with Crippen molar-refractivity contribution >= 4 is 17.8 Å². The van der Waals surface area contributed by atoms with Gasteiger partial charge in [0.05, 0.1) is 6.54 Å². The van der Waals surface area contributed by atoms with E-state index in [2.05, 4.69) is 20.9 Å². The van der Waals surface area contributed by atoms with Gasteiger partial charge in [0.2, 0.25) is 5.91 Å². The minimum Gasteiger partial charge on any atom is -0.363 e. The molecule has 7 heteroatoms. The molecule has 1 saturated carbocycles. The third-order valence-electron chi connectivity index (χ3n) is 4.10. The Hall–Kier alpha value is -2.31. The van der Waals surface area contributed by atoms with E-state index in [0.29, 0.717) is 6.54 Å². The number of nitrogens with zero attached hydrogens (tertiary/aromatic N) is 2. The molecule has 0 bridgehead atoms. The molecule has 132 valence electrons. The molecule has 3 N–H and O–H groups in total. The Morgan fingerprint density at radius 3 is 2.67 bits per heavy atom. The van der Waals surface area contributed by atoms with Crippen LogP contribution in [-0.2, 0) is 11.3 Å². The Balaban J connectivity index is 1.67. The van der Waals surface area contributed by atoms with Crippen LogP contribution >= 0.6 is 0 Å². The molecule has 3 amide bonds. The Kier molecular flexibility index (Phi) is 6.84. The number of amides is 3. The van der Waals surface area contributed by atoms with Crippen LogP contribution in [0.3, 0.4) is 0 Å². The number of carbonyl (C=O) groups excluding carboxylic acids is 2. The fourth-order valence-electron chi connectivity index (χ4n) is 2.75. The Bertz CT molecular complexity index is 556. The van der Waals surface area contributed by atoms with Crippen molar-refractivity contribution in [3.05, 3.63) is 23.9 Å². The fraction of sp³-hybridized carbons (Fsp3) is 0.588. The zero-order chi connectivity index (χ0) is 17.4. The molecule has 1 aliphatic rings. The van der Waals surface area contributed by atoms with Crippen molar-refractivity contribution in [2.45, 2.75) is 44.7 Å². The molecular weight excluding hydrogens is 306 g/mol. The molecule has 0 aliphatic heterocycles. The van der Waals surface area contributed by atoms with E-state index in [1.807, 2.05) is 31.1 Å². The van der Waals surface area contributed by atoms with Gasteiger partial charge in [0.25, 0.3) is 0 Å². The van der Waals surface area contributed by atoms with Crippen LogP contribution in [0, 0.1) is 0 Å². The molecule has 2 rings (SSSR count). The van der Waals surface area contributed by atoms with Gasteiger partial charge < -0.3 is 20.9 Å². The van der Waals surface area contributed by atoms with Gasteiger partial charge >= 0.3 is 6.03 Å². The maximum atomic E-state index is 11.8. The van der Waals surface area contributed by atoms with E-state index < -0.39 is 0 Å². The normalized spacial score (nSPS) is 14.8. The highest BCUT2D eigenvalue weighted by molar-refractivity contribution is 5.84. The van der Waals surface area contributed by atoms with Crippen molar-refractivity contribution in [1.29, 1.82) is 0 Å². The van der Waals surface area contributed by atoms with Crippen molar-refractivity contribution in [2.24, 2.45) is 0 Å². The van der Waals surface area contributed by atoms with Crippen molar-refractivity contribution in [1.82, 2.24) is 20.9 Å². The van der Waals surface area contributed by atoms with Gasteiger partial charge in [-0.15, -0.1) is 0 Å². The van der Waals surface area contributed by atoms with Crippen LogP contribution in [0.1, 0.15) is 37.7 Å². The number of hydrogen-bond donors (Lipinski definition) is 3. The lowest BCUT2D eigenvalue weighted by molar-refractivity contribution is -0.121. The first-order valence-corrected chi connectivity index (χ1v) is 8.48. The molecule has 1 heterocycles. The molecule has 0 aromatic carbocycles. The molecule has 0 spiro atoms. The molecule has 0 unspecified atom stereocenters. The number of urea groups is 1. The van der Waals surface area contributed by atoms with E-state index in [9.17, 15) is 9.59 Å². The molecule has 0 radical (unpaired) electrons. The summed E-state index contributed by atoms with van der Waals surface area (Å²) in [6, 6.07) is 3.67. The molecule has 7 nitrogen and oxygen atoms in total. The monoisotopic (exact) mass is 333 g/mol. The molecule has 1 fully saturated rings. The molecule has 1 aliphatic carbocycles. The number of rotatable bonds is 6. The average molecular weight is 333 g/mol. The van der Waals surface area contributed by atoms with Gasteiger partial charge in [0, 0.05) is 32.9 Å². The number of pyridine rings is 1. The lowest BCUT2D eigenvalue weighted by Gasteiger charge is -2.22. The quantitative estimate of drug-likeness (QED) is 0.734. The zero-order valence-electron chi connectivity index (χ0n) is 14.5. The highest BCUT2D eigenvalue weighted by atomic mass is 16.2. The average Bonchev–Trinajstić information content (AvgIpc) is 2.59. The second-order valence-corrected chi connectivity index (χ2v) is 6.36. The summed E-state index contributed by atoms with van der Waals surface area (Å²) in [6.07, 6.45) is 7.36. The van der Waals surface area contributed by atoms with Crippen molar-refractivity contribution < 1.29 is 9.59 Å². The van der Waals surface area contributed by atoms with Crippen LogP contribution in [0.15, 0.2) is 18.3 Å². The van der Waals surface area contributed by atoms with Crippen LogP contribution in [0.5, 0.6) is 0 Å². The first kappa shape index (κ1) is 18.0. The first-order valence-electron chi connectivity index (χ1n) is 8.48. The highest BCUT2D eigenvalue weighted by Gasteiger charge is 2.15.